The van der Waals surface area contributed by atoms with Crippen LogP contribution in [-0.4, -0.2) is 11.7 Å². The third-order valence-electron chi connectivity index (χ3n) is 3.41. The van der Waals surface area contributed by atoms with Crippen molar-refractivity contribution in [3.63, 3.8) is 0 Å². The first-order chi connectivity index (χ1) is 9.52. The average Bonchev–Trinajstić information content (AvgIpc) is 2.43. The Morgan fingerprint density at radius 3 is 2.30 bits per heavy atom. The van der Waals surface area contributed by atoms with Gasteiger partial charge in [-0.05, 0) is 50.6 Å². The van der Waals surface area contributed by atoms with Gasteiger partial charge in [-0.25, -0.2) is 0 Å². The zero-order chi connectivity index (χ0) is 14.7. The van der Waals surface area contributed by atoms with Gasteiger partial charge in [0.1, 0.15) is 0 Å². The van der Waals surface area contributed by atoms with E-state index in [1.165, 1.54) is 5.56 Å². The van der Waals surface area contributed by atoms with Crippen molar-refractivity contribution in [3.8, 4) is 0 Å². The highest BCUT2D eigenvalue weighted by molar-refractivity contribution is 6.33. The SMILES string of the molecule is CCN(c1ccc(C)cc1)c1ccc([C@@H](C)O)cc1Cl. The number of hydrogen-bond donors (Lipinski definition) is 1. The fourth-order valence-electron chi connectivity index (χ4n) is 2.22. The molecule has 0 bridgehead atoms. The second-order valence-electron chi connectivity index (χ2n) is 4.97. The molecule has 0 unspecified atom stereocenters. The number of aliphatic hydroxyl groups is 1. The fourth-order valence-corrected chi connectivity index (χ4v) is 2.51. The first-order valence-electron chi connectivity index (χ1n) is 6.84. The Hall–Kier alpha value is -1.51. The highest BCUT2D eigenvalue weighted by atomic mass is 35.5. The molecule has 0 fully saturated rings. The summed E-state index contributed by atoms with van der Waals surface area (Å²) in [5.41, 5.74) is 4.14. The standard InChI is InChI=1S/C17H20ClNO/c1-4-19(15-8-5-12(2)6-9-15)17-10-7-14(13(3)20)11-16(17)18/h5-11,13,20H,4H2,1-3H3/t13-/m1/s1. The van der Waals surface area contributed by atoms with Gasteiger partial charge in [0.15, 0.2) is 0 Å². The number of aryl methyl sites for hydroxylation is 1. The van der Waals surface area contributed by atoms with Gasteiger partial charge >= 0.3 is 0 Å². The van der Waals surface area contributed by atoms with Gasteiger partial charge in [-0.2, -0.15) is 0 Å². The predicted octanol–water partition coefficient (Wildman–Crippen LogP) is 4.86. The van der Waals surface area contributed by atoms with Crippen molar-refractivity contribution in [1.82, 2.24) is 0 Å². The van der Waals surface area contributed by atoms with E-state index in [-0.39, 0.29) is 0 Å². The molecule has 106 valence electrons. The summed E-state index contributed by atoms with van der Waals surface area (Å²) in [5.74, 6) is 0. The Morgan fingerprint density at radius 1 is 1.15 bits per heavy atom. The molecule has 0 amide bonds. The Morgan fingerprint density at radius 2 is 1.80 bits per heavy atom. The van der Waals surface area contributed by atoms with Gasteiger partial charge in [-0.3, -0.25) is 0 Å². The molecule has 0 saturated carbocycles. The van der Waals surface area contributed by atoms with Crippen LogP contribution in [0.3, 0.4) is 0 Å². The topological polar surface area (TPSA) is 23.5 Å². The number of aliphatic hydroxyl groups excluding tert-OH is 1. The molecule has 0 heterocycles. The molecule has 2 rings (SSSR count). The van der Waals surface area contributed by atoms with E-state index in [4.69, 9.17) is 11.6 Å². The van der Waals surface area contributed by atoms with E-state index in [2.05, 4.69) is 43.0 Å². The maximum atomic E-state index is 9.61. The smallest absolute Gasteiger partial charge is 0.0762 e. The van der Waals surface area contributed by atoms with Gasteiger partial charge < -0.3 is 10.0 Å². The predicted molar refractivity (Wildman–Crippen MR) is 85.9 cm³/mol. The van der Waals surface area contributed by atoms with E-state index in [9.17, 15) is 5.11 Å². The molecule has 0 aliphatic carbocycles. The third-order valence-corrected chi connectivity index (χ3v) is 3.71. The molecule has 0 aliphatic rings. The second kappa shape index (κ2) is 6.29. The lowest BCUT2D eigenvalue weighted by atomic mass is 10.1. The van der Waals surface area contributed by atoms with Crippen molar-refractivity contribution >= 4 is 23.0 Å². The molecular formula is C17H20ClNO. The van der Waals surface area contributed by atoms with Crippen LogP contribution in [0.15, 0.2) is 42.5 Å². The van der Waals surface area contributed by atoms with Crippen molar-refractivity contribution in [3.05, 3.63) is 58.6 Å². The molecule has 0 saturated heterocycles. The zero-order valence-electron chi connectivity index (χ0n) is 12.1. The molecule has 1 N–H and O–H groups in total. The van der Waals surface area contributed by atoms with Crippen LogP contribution in [0.2, 0.25) is 5.02 Å². The Labute approximate surface area is 125 Å². The van der Waals surface area contributed by atoms with Crippen molar-refractivity contribution in [2.45, 2.75) is 26.9 Å². The van der Waals surface area contributed by atoms with Crippen LogP contribution in [-0.2, 0) is 0 Å². The number of halogens is 1. The summed E-state index contributed by atoms with van der Waals surface area (Å²) in [6, 6.07) is 14.1. The number of hydrogen-bond acceptors (Lipinski definition) is 2. The second-order valence-corrected chi connectivity index (χ2v) is 5.37. The van der Waals surface area contributed by atoms with Gasteiger partial charge in [0.05, 0.1) is 16.8 Å². The molecular weight excluding hydrogens is 270 g/mol. The van der Waals surface area contributed by atoms with Gasteiger partial charge in [-0.15, -0.1) is 0 Å². The number of nitrogens with zero attached hydrogens (tertiary/aromatic N) is 1. The monoisotopic (exact) mass is 289 g/mol. The van der Waals surface area contributed by atoms with Gasteiger partial charge in [0.2, 0.25) is 0 Å². The van der Waals surface area contributed by atoms with Crippen LogP contribution >= 0.6 is 11.6 Å². The number of rotatable bonds is 4. The minimum absolute atomic E-state index is 0.504. The molecule has 0 aromatic heterocycles. The van der Waals surface area contributed by atoms with Gasteiger partial charge in [0.25, 0.3) is 0 Å². The van der Waals surface area contributed by atoms with E-state index in [1.54, 1.807) is 6.92 Å². The average molecular weight is 290 g/mol. The Balaban J connectivity index is 2.39. The Bertz CT molecular complexity index is 578. The molecule has 3 heteroatoms. The zero-order valence-corrected chi connectivity index (χ0v) is 12.9. The molecule has 0 aliphatic heterocycles. The van der Waals surface area contributed by atoms with Crippen molar-refractivity contribution in [1.29, 1.82) is 0 Å². The van der Waals surface area contributed by atoms with Crippen molar-refractivity contribution in [2.75, 3.05) is 11.4 Å². The lowest BCUT2D eigenvalue weighted by Crippen LogP contribution is -2.16. The van der Waals surface area contributed by atoms with E-state index in [0.717, 1.165) is 23.5 Å². The summed E-state index contributed by atoms with van der Waals surface area (Å²) in [7, 11) is 0. The van der Waals surface area contributed by atoms with Crippen LogP contribution in [0.4, 0.5) is 11.4 Å². The summed E-state index contributed by atoms with van der Waals surface area (Å²) < 4.78 is 0. The summed E-state index contributed by atoms with van der Waals surface area (Å²) in [6.07, 6.45) is -0.504. The lowest BCUT2D eigenvalue weighted by molar-refractivity contribution is 0.199. The summed E-state index contributed by atoms with van der Waals surface area (Å²) in [6.45, 7) is 6.74. The van der Waals surface area contributed by atoms with Crippen molar-refractivity contribution < 1.29 is 5.11 Å². The quantitative estimate of drug-likeness (QED) is 0.869. The molecule has 0 spiro atoms. The van der Waals surface area contributed by atoms with E-state index in [0.29, 0.717) is 5.02 Å². The highest BCUT2D eigenvalue weighted by Gasteiger charge is 2.12. The minimum Gasteiger partial charge on any atom is -0.389 e. The summed E-state index contributed by atoms with van der Waals surface area (Å²) >= 11 is 6.38. The van der Waals surface area contributed by atoms with Gasteiger partial charge in [0, 0.05) is 12.2 Å². The number of benzene rings is 2. The van der Waals surface area contributed by atoms with Crippen LogP contribution in [0.1, 0.15) is 31.1 Å². The fraction of sp³-hybridized carbons (Fsp3) is 0.294. The Kier molecular flexibility index (Phi) is 4.69. The maximum Gasteiger partial charge on any atom is 0.0762 e. The van der Waals surface area contributed by atoms with E-state index >= 15 is 0 Å². The van der Waals surface area contributed by atoms with Crippen LogP contribution in [0.5, 0.6) is 0 Å². The van der Waals surface area contributed by atoms with E-state index in [1.807, 2.05) is 18.2 Å². The van der Waals surface area contributed by atoms with Crippen LogP contribution in [0.25, 0.3) is 0 Å². The largest absolute Gasteiger partial charge is 0.389 e. The first-order valence-corrected chi connectivity index (χ1v) is 7.22. The van der Waals surface area contributed by atoms with Gasteiger partial charge in [-0.1, -0.05) is 35.4 Å². The molecule has 2 aromatic rings. The molecule has 1 atom stereocenters. The van der Waals surface area contributed by atoms with Crippen molar-refractivity contribution in [2.24, 2.45) is 0 Å². The number of anilines is 2. The van der Waals surface area contributed by atoms with Crippen LogP contribution in [0, 0.1) is 6.92 Å². The highest BCUT2D eigenvalue weighted by Crippen LogP contribution is 2.33. The third kappa shape index (κ3) is 3.14. The molecule has 2 nitrogen and oxygen atoms in total. The minimum atomic E-state index is -0.504. The summed E-state index contributed by atoms with van der Waals surface area (Å²) in [5, 5.41) is 10.3. The normalized spacial score (nSPS) is 12.2. The molecule has 0 radical (unpaired) electrons. The lowest BCUT2D eigenvalue weighted by Gasteiger charge is -2.25. The first kappa shape index (κ1) is 14.9. The maximum absolute atomic E-state index is 9.61. The van der Waals surface area contributed by atoms with E-state index < -0.39 is 6.10 Å². The van der Waals surface area contributed by atoms with Crippen LogP contribution < -0.4 is 4.90 Å². The summed E-state index contributed by atoms with van der Waals surface area (Å²) in [4.78, 5) is 2.16. The molecule has 20 heavy (non-hydrogen) atoms. The molecule has 2 aromatic carbocycles.